The fourth-order valence-corrected chi connectivity index (χ4v) is 4.05. The molecular formula is C17H34N2O. The maximum absolute atomic E-state index is 10.1. The molecule has 2 aliphatic rings. The van der Waals surface area contributed by atoms with E-state index in [1.165, 1.54) is 51.5 Å². The smallest absolute Gasteiger partial charge is 0.0667 e. The summed E-state index contributed by atoms with van der Waals surface area (Å²) in [6, 6.07) is 1.32. The van der Waals surface area contributed by atoms with Crippen LogP contribution in [0.2, 0.25) is 0 Å². The maximum atomic E-state index is 10.1. The van der Waals surface area contributed by atoms with Gasteiger partial charge in [-0.2, -0.15) is 0 Å². The monoisotopic (exact) mass is 282 g/mol. The van der Waals surface area contributed by atoms with E-state index in [0.717, 1.165) is 18.9 Å². The average molecular weight is 282 g/mol. The SMILES string of the molecule is CC(C)CC(O)CNC1CCCCC1C1CCCCN1. The molecule has 0 radical (unpaired) electrons. The van der Waals surface area contributed by atoms with E-state index in [2.05, 4.69) is 24.5 Å². The van der Waals surface area contributed by atoms with Crippen LogP contribution in [0.1, 0.15) is 65.2 Å². The summed E-state index contributed by atoms with van der Waals surface area (Å²) in [6.45, 7) is 6.33. The van der Waals surface area contributed by atoms with Crippen LogP contribution < -0.4 is 10.6 Å². The average Bonchev–Trinajstić information content (AvgIpc) is 2.46. The number of aliphatic hydroxyl groups is 1. The lowest BCUT2D eigenvalue weighted by atomic mass is 9.77. The largest absolute Gasteiger partial charge is 0.392 e. The van der Waals surface area contributed by atoms with Crippen molar-refractivity contribution in [1.29, 1.82) is 0 Å². The van der Waals surface area contributed by atoms with Gasteiger partial charge in [-0.15, -0.1) is 0 Å². The van der Waals surface area contributed by atoms with Gasteiger partial charge in [0, 0.05) is 18.6 Å². The summed E-state index contributed by atoms with van der Waals surface area (Å²) >= 11 is 0. The second-order valence-electron chi connectivity index (χ2n) is 7.30. The Morgan fingerprint density at radius 1 is 1.10 bits per heavy atom. The van der Waals surface area contributed by atoms with Crippen molar-refractivity contribution in [1.82, 2.24) is 10.6 Å². The summed E-state index contributed by atoms with van der Waals surface area (Å²) in [4.78, 5) is 0. The molecule has 0 bridgehead atoms. The van der Waals surface area contributed by atoms with Gasteiger partial charge in [-0.1, -0.05) is 33.1 Å². The van der Waals surface area contributed by atoms with Crippen LogP contribution in [0.15, 0.2) is 0 Å². The van der Waals surface area contributed by atoms with E-state index in [1.807, 2.05) is 0 Å². The van der Waals surface area contributed by atoms with Gasteiger partial charge in [-0.05, 0) is 50.5 Å². The van der Waals surface area contributed by atoms with Gasteiger partial charge in [0.1, 0.15) is 0 Å². The van der Waals surface area contributed by atoms with Gasteiger partial charge >= 0.3 is 0 Å². The minimum atomic E-state index is -0.183. The minimum Gasteiger partial charge on any atom is -0.392 e. The van der Waals surface area contributed by atoms with Crippen molar-refractivity contribution >= 4 is 0 Å². The first-order valence-corrected chi connectivity index (χ1v) is 8.81. The van der Waals surface area contributed by atoms with E-state index in [-0.39, 0.29) is 6.10 Å². The van der Waals surface area contributed by atoms with Crippen LogP contribution in [0.4, 0.5) is 0 Å². The van der Waals surface area contributed by atoms with Crippen LogP contribution in [-0.4, -0.2) is 36.4 Å². The second-order valence-corrected chi connectivity index (χ2v) is 7.30. The standard InChI is InChI=1S/C17H34N2O/c1-13(2)11-14(20)12-19-17-8-4-3-7-15(17)16-9-5-6-10-18-16/h13-20H,3-12H2,1-2H3. The Morgan fingerprint density at radius 2 is 1.85 bits per heavy atom. The molecule has 3 N–H and O–H groups in total. The van der Waals surface area contributed by atoms with Gasteiger partial charge in [-0.3, -0.25) is 0 Å². The molecule has 1 saturated heterocycles. The number of rotatable bonds is 6. The number of piperidine rings is 1. The predicted molar refractivity (Wildman–Crippen MR) is 84.9 cm³/mol. The fraction of sp³-hybridized carbons (Fsp3) is 1.00. The Balaban J connectivity index is 1.80. The molecule has 1 aliphatic heterocycles. The molecule has 0 aromatic carbocycles. The summed E-state index contributed by atoms with van der Waals surface area (Å²) in [7, 11) is 0. The number of nitrogens with one attached hydrogen (secondary N) is 2. The molecule has 2 fully saturated rings. The molecule has 20 heavy (non-hydrogen) atoms. The van der Waals surface area contributed by atoms with E-state index < -0.39 is 0 Å². The molecule has 3 nitrogen and oxygen atoms in total. The third-order valence-corrected chi connectivity index (χ3v) is 5.04. The quantitative estimate of drug-likeness (QED) is 0.702. The first kappa shape index (κ1) is 16.3. The third kappa shape index (κ3) is 5.01. The highest BCUT2D eigenvalue weighted by molar-refractivity contribution is 4.90. The lowest BCUT2D eigenvalue weighted by Crippen LogP contribution is -2.51. The number of aliphatic hydroxyl groups excluding tert-OH is 1. The molecule has 4 unspecified atom stereocenters. The van der Waals surface area contributed by atoms with Gasteiger partial charge in [0.25, 0.3) is 0 Å². The summed E-state index contributed by atoms with van der Waals surface area (Å²) in [5.41, 5.74) is 0. The van der Waals surface area contributed by atoms with E-state index in [1.54, 1.807) is 0 Å². The Hall–Kier alpha value is -0.120. The Morgan fingerprint density at radius 3 is 2.55 bits per heavy atom. The molecule has 1 saturated carbocycles. The van der Waals surface area contributed by atoms with Crippen LogP contribution in [0.5, 0.6) is 0 Å². The molecule has 0 amide bonds. The molecule has 2 rings (SSSR count). The molecule has 3 heteroatoms. The highest BCUT2D eigenvalue weighted by atomic mass is 16.3. The molecule has 0 aromatic heterocycles. The molecular weight excluding hydrogens is 248 g/mol. The molecule has 118 valence electrons. The Kier molecular flexibility index (Phi) is 6.79. The van der Waals surface area contributed by atoms with Crippen molar-refractivity contribution in [3.05, 3.63) is 0 Å². The zero-order chi connectivity index (χ0) is 14.4. The number of hydrogen-bond acceptors (Lipinski definition) is 3. The van der Waals surface area contributed by atoms with Gasteiger partial charge in [-0.25, -0.2) is 0 Å². The second kappa shape index (κ2) is 8.35. The van der Waals surface area contributed by atoms with Gasteiger partial charge < -0.3 is 15.7 Å². The summed E-state index contributed by atoms with van der Waals surface area (Å²) < 4.78 is 0. The lowest BCUT2D eigenvalue weighted by molar-refractivity contribution is 0.122. The van der Waals surface area contributed by atoms with Crippen molar-refractivity contribution in [3.63, 3.8) is 0 Å². The maximum Gasteiger partial charge on any atom is 0.0667 e. The van der Waals surface area contributed by atoms with E-state index in [4.69, 9.17) is 0 Å². The Labute approximate surface area is 124 Å². The van der Waals surface area contributed by atoms with Crippen LogP contribution in [-0.2, 0) is 0 Å². The molecule has 4 atom stereocenters. The highest BCUT2D eigenvalue weighted by Gasteiger charge is 2.32. The Bertz CT molecular complexity index is 264. The fourth-order valence-electron chi connectivity index (χ4n) is 4.05. The molecule has 0 spiro atoms. The van der Waals surface area contributed by atoms with Crippen LogP contribution in [0.3, 0.4) is 0 Å². The van der Waals surface area contributed by atoms with Crippen LogP contribution in [0, 0.1) is 11.8 Å². The lowest BCUT2D eigenvalue weighted by Gasteiger charge is -2.40. The van der Waals surface area contributed by atoms with E-state index in [0.29, 0.717) is 18.0 Å². The summed E-state index contributed by atoms with van der Waals surface area (Å²) in [5, 5.41) is 17.5. The summed E-state index contributed by atoms with van der Waals surface area (Å²) in [5.74, 6) is 1.35. The number of hydrogen-bond donors (Lipinski definition) is 3. The molecule has 1 heterocycles. The predicted octanol–water partition coefficient (Wildman–Crippen LogP) is 2.68. The van der Waals surface area contributed by atoms with Crippen molar-refractivity contribution in [2.75, 3.05) is 13.1 Å². The van der Waals surface area contributed by atoms with Gasteiger partial charge in [0.2, 0.25) is 0 Å². The van der Waals surface area contributed by atoms with Crippen molar-refractivity contribution in [2.45, 2.75) is 83.4 Å². The van der Waals surface area contributed by atoms with Crippen molar-refractivity contribution in [3.8, 4) is 0 Å². The first-order chi connectivity index (χ1) is 9.66. The van der Waals surface area contributed by atoms with Crippen LogP contribution >= 0.6 is 0 Å². The molecule has 1 aliphatic carbocycles. The molecule has 0 aromatic rings. The topological polar surface area (TPSA) is 44.3 Å². The summed E-state index contributed by atoms with van der Waals surface area (Å²) in [6.07, 6.45) is 10.2. The van der Waals surface area contributed by atoms with Gasteiger partial charge in [0.05, 0.1) is 6.10 Å². The highest BCUT2D eigenvalue weighted by Crippen LogP contribution is 2.30. The zero-order valence-electron chi connectivity index (χ0n) is 13.4. The van der Waals surface area contributed by atoms with Crippen molar-refractivity contribution < 1.29 is 5.11 Å². The van der Waals surface area contributed by atoms with Crippen LogP contribution in [0.25, 0.3) is 0 Å². The van der Waals surface area contributed by atoms with Crippen molar-refractivity contribution in [2.24, 2.45) is 11.8 Å². The normalized spacial score (nSPS) is 33.3. The van der Waals surface area contributed by atoms with Gasteiger partial charge in [0.15, 0.2) is 0 Å². The van der Waals surface area contributed by atoms with E-state index >= 15 is 0 Å². The third-order valence-electron chi connectivity index (χ3n) is 5.04. The first-order valence-electron chi connectivity index (χ1n) is 8.81. The minimum absolute atomic E-state index is 0.183. The van der Waals surface area contributed by atoms with E-state index in [9.17, 15) is 5.11 Å². The zero-order valence-corrected chi connectivity index (χ0v) is 13.4.